The average molecular weight is 246 g/mol. The van der Waals surface area contributed by atoms with Crippen LogP contribution in [-0.4, -0.2) is 19.8 Å². The van der Waals surface area contributed by atoms with E-state index in [2.05, 4.69) is 20.8 Å². The van der Waals surface area contributed by atoms with E-state index in [9.17, 15) is 5.11 Å². The molecule has 0 fully saturated rings. The molecule has 4 nitrogen and oxygen atoms in total. The van der Waals surface area contributed by atoms with Crippen molar-refractivity contribution >= 4 is 8.60 Å². The van der Waals surface area contributed by atoms with Gasteiger partial charge in [0, 0.05) is 0 Å². The van der Waals surface area contributed by atoms with Gasteiger partial charge in [-0.3, -0.25) is 0 Å². The maximum atomic E-state index is 9.57. The molecule has 92 valence electrons. The molecule has 0 amide bonds. The Labute approximate surface area is 97.2 Å². The quantitative estimate of drug-likeness (QED) is 0.529. The maximum absolute atomic E-state index is 9.57. The first-order valence-corrected chi connectivity index (χ1v) is 6.01. The highest BCUT2D eigenvalue weighted by Gasteiger charge is 2.17. The number of rotatable bonds is 0. The predicted molar refractivity (Wildman–Crippen MR) is 65.1 cm³/mol. The summed E-state index contributed by atoms with van der Waals surface area (Å²) in [5, 5.41) is 9.57. The summed E-state index contributed by atoms with van der Waals surface area (Å²) in [6, 6.07) is 5.72. The Balaban J connectivity index is 0.000000487. The molecule has 0 saturated heterocycles. The van der Waals surface area contributed by atoms with Crippen LogP contribution in [0.2, 0.25) is 0 Å². The zero-order valence-electron chi connectivity index (χ0n) is 9.97. The van der Waals surface area contributed by atoms with E-state index in [1.807, 2.05) is 19.1 Å². The molecule has 0 unspecified atom stereocenters. The molecule has 0 bridgehead atoms. The number of hydrogen-bond donors (Lipinski definition) is 4. The summed E-state index contributed by atoms with van der Waals surface area (Å²) >= 11 is 0. The van der Waals surface area contributed by atoms with Gasteiger partial charge >= 0.3 is 8.60 Å². The minimum Gasteiger partial charge on any atom is -0.508 e. The van der Waals surface area contributed by atoms with Gasteiger partial charge in [-0.1, -0.05) is 38.5 Å². The van der Waals surface area contributed by atoms with Crippen LogP contribution in [0.15, 0.2) is 18.2 Å². The van der Waals surface area contributed by atoms with Crippen LogP contribution in [0.4, 0.5) is 0 Å². The largest absolute Gasteiger partial charge is 0.508 e. The van der Waals surface area contributed by atoms with E-state index >= 15 is 0 Å². The highest BCUT2D eigenvalue weighted by Crippen LogP contribution is 2.30. The second kappa shape index (κ2) is 6.16. The lowest BCUT2D eigenvalue weighted by molar-refractivity contribution is 0.368. The number of benzene rings is 1. The van der Waals surface area contributed by atoms with E-state index in [-0.39, 0.29) is 5.41 Å². The van der Waals surface area contributed by atoms with Gasteiger partial charge in [0.1, 0.15) is 5.75 Å². The van der Waals surface area contributed by atoms with Gasteiger partial charge in [-0.25, -0.2) is 0 Å². The average Bonchev–Trinajstić information content (AvgIpc) is 2.06. The van der Waals surface area contributed by atoms with Crippen LogP contribution < -0.4 is 0 Å². The van der Waals surface area contributed by atoms with Crippen molar-refractivity contribution in [1.82, 2.24) is 0 Å². The third kappa shape index (κ3) is 6.03. The highest BCUT2D eigenvalue weighted by atomic mass is 31.2. The standard InChI is InChI=1S/C11H16O.H3O3P/c1-8-5-6-10(12)9(7-8)11(2,3)4;1-4(2)3/h5-7,12H,1-4H3;1-3H. The van der Waals surface area contributed by atoms with Gasteiger partial charge in [0.2, 0.25) is 0 Å². The van der Waals surface area contributed by atoms with Crippen molar-refractivity contribution in [2.75, 3.05) is 0 Å². The molecule has 0 aromatic heterocycles. The number of aryl methyl sites for hydroxylation is 1. The Hall–Kier alpha value is -0.670. The van der Waals surface area contributed by atoms with Crippen molar-refractivity contribution < 1.29 is 19.8 Å². The van der Waals surface area contributed by atoms with Gasteiger partial charge in [0.15, 0.2) is 0 Å². The first kappa shape index (κ1) is 15.3. The first-order chi connectivity index (χ1) is 7.14. The zero-order chi connectivity index (χ0) is 12.9. The van der Waals surface area contributed by atoms with Crippen molar-refractivity contribution in [3.8, 4) is 5.75 Å². The normalized spacial score (nSPS) is 11.0. The van der Waals surface area contributed by atoms with Gasteiger partial charge in [-0.05, 0) is 24.0 Å². The molecule has 0 heterocycles. The molecular weight excluding hydrogens is 227 g/mol. The van der Waals surface area contributed by atoms with E-state index in [1.54, 1.807) is 6.07 Å². The highest BCUT2D eigenvalue weighted by molar-refractivity contribution is 7.38. The smallest absolute Gasteiger partial charge is 0.324 e. The molecule has 1 rings (SSSR count). The Morgan fingerprint density at radius 3 is 1.81 bits per heavy atom. The summed E-state index contributed by atoms with van der Waals surface area (Å²) in [5.41, 5.74) is 2.23. The summed E-state index contributed by atoms with van der Waals surface area (Å²) in [7, 11) is -2.62. The minimum atomic E-state index is -2.62. The molecule has 0 spiro atoms. The van der Waals surface area contributed by atoms with E-state index in [4.69, 9.17) is 14.7 Å². The fourth-order valence-electron chi connectivity index (χ4n) is 1.25. The van der Waals surface area contributed by atoms with Crippen LogP contribution in [0.25, 0.3) is 0 Å². The summed E-state index contributed by atoms with van der Waals surface area (Å²) < 4.78 is 0. The molecule has 0 aliphatic carbocycles. The molecular formula is C11H19O4P. The van der Waals surface area contributed by atoms with Crippen LogP contribution in [-0.2, 0) is 5.41 Å². The third-order valence-corrected chi connectivity index (χ3v) is 1.96. The zero-order valence-corrected chi connectivity index (χ0v) is 10.9. The molecule has 1 aromatic rings. The van der Waals surface area contributed by atoms with Crippen molar-refractivity contribution in [3.63, 3.8) is 0 Å². The fourth-order valence-corrected chi connectivity index (χ4v) is 1.25. The number of hydrogen-bond acceptors (Lipinski definition) is 4. The third-order valence-electron chi connectivity index (χ3n) is 1.96. The summed E-state index contributed by atoms with van der Waals surface area (Å²) in [4.78, 5) is 21.7. The summed E-state index contributed by atoms with van der Waals surface area (Å²) in [6.45, 7) is 8.33. The van der Waals surface area contributed by atoms with Crippen molar-refractivity contribution in [2.45, 2.75) is 33.1 Å². The lowest BCUT2D eigenvalue weighted by Crippen LogP contribution is -2.11. The molecule has 5 heteroatoms. The number of phenols is 1. The molecule has 0 atom stereocenters. The molecule has 1 aromatic carbocycles. The van der Waals surface area contributed by atoms with E-state index < -0.39 is 8.60 Å². The van der Waals surface area contributed by atoms with Gasteiger partial charge in [0.25, 0.3) is 0 Å². The second-order valence-corrected chi connectivity index (χ2v) is 5.08. The van der Waals surface area contributed by atoms with Crippen LogP contribution in [0.5, 0.6) is 5.75 Å². The van der Waals surface area contributed by atoms with E-state index in [0.717, 1.165) is 5.56 Å². The van der Waals surface area contributed by atoms with Crippen molar-refractivity contribution in [2.24, 2.45) is 0 Å². The topological polar surface area (TPSA) is 80.9 Å². The fraction of sp³-hybridized carbons (Fsp3) is 0.455. The summed E-state index contributed by atoms with van der Waals surface area (Å²) in [6.07, 6.45) is 0. The van der Waals surface area contributed by atoms with E-state index in [1.165, 1.54) is 5.56 Å². The van der Waals surface area contributed by atoms with Gasteiger partial charge in [-0.2, -0.15) is 0 Å². The molecule has 16 heavy (non-hydrogen) atoms. The van der Waals surface area contributed by atoms with Crippen molar-refractivity contribution in [3.05, 3.63) is 29.3 Å². The molecule has 0 aliphatic rings. The SMILES string of the molecule is Cc1ccc(O)c(C(C)(C)C)c1.OP(O)O. The van der Waals surface area contributed by atoms with Crippen LogP contribution in [0.3, 0.4) is 0 Å². The summed E-state index contributed by atoms with van der Waals surface area (Å²) in [5.74, 6) is 0.396. The lowest BCUT2D eigenvalue weighted by Gasteiger charge is -2.20. The van der Waals surface area contributed by atoms with Crippen LogP contribution >= 0.6 is 8.60 Å². The van der Waals surface area contributed by atoms with E-state index in [0.29, 0.717) is 5.75 Å². The second-order valence-electron chi connectivity index (χ2n) is 4.54. The van der Waals surface area contributed by atoms with Gasteiger partial charge in [-0.15, -0.1) is 0 Å². The molecule has 0 saturated carbocycles. The molecule has 0 radical (unpaired) electrons. The Kier molecular flexibility index (Phi) is 5.90. The first-order valence-electron chi connectivity index (χ1n) is 4.81. The van der Waals surface area contributed by atoms with Crippen molar-refractivity contribution in [1.29, 1.82) is 0 Å². The number of phenolic OH excluding ortho intramolecular Hbond substituents is 1. The Bertz CT molecular complexity index is 328. The van der Waals surface area contributed by atoms with Crippen LogP contribution in [0.1, 0.15) is 31.9 Å². The van der Waals surface area contributed by atoms with Crippen LogP contribution in [0, 0.1) is 6.92 Å². The minimum absolute atomic E-state index is 0.0239. The lowest BCUT2D eigenvalue weighted by atomic mass is 9.85. The Morgan fingerprint density at radius 2 is 1.50 bits per heavy atom. The predicted octanol–water partition coefficient (Wildman–Crippen LogP) is 2.19. The molecule has 0 aliphatic heterocycles. The van der Waals surface area contributed by atoms with Gasteiger partial charge < -0.3 is 19.8 Å². The number of aromatic hydroxyl groups is 1. The maximum Gasteiger partial charge on any atom is 0.324 e. The van der Waals surface area contributed by atoms with Gasteiger partial charge in [0.05, 0.1) is 0 Å². The molecule has 4 N–H and O–H groups in total. The Morgan fingerprint density at radius 1 is 1.06 bits per heavy atom. The monoisotopic (exact) mass is 246 g/mol.